The van der Waals surface area contributed by atoms with Crippen molar-refractivity contribution in [3.8, 4) is 0 Å². The number of rotatable bonds is 6. The normalized spacial score (nSPS) is 20.9. The minimum Gasteiger partial charge on any atom is -0.314 e. The second kappa shape index (κ2) is 8.19. The number of hydrogen-bond acceptors (Lipinski definition) is 4. The van der Waals surface area contributed by atoms with Gasteiger partial charge in [0.05, 0.1) is 12.0 Å². The monoisotopic (exact) mass is 322 g/mol. The standard InChI is InChI=1S/C16H22N2O3S/c1-3-8-14-18(16(20)12-9-6-5-7-10-12)13(11-22-14)15(19)17-21-4-2/h5-7,9-10,13-14H,3-4,8,11H2,1-2H3,(H,17,19). The number of hydroxylamine groups is 1. The van der Waals surface area contributed by atoms with Gasteiger partial charge in [0.2, 0.25) is 0 Å². The molecule has 2 unspecified atom stereocenters. The van der Waals surface area contributed by atoms with Crippen LogP contribution in [-0.4, -0.2) is 40.5 Å². The van der Waals surface area contributed by atoms with Crippen molar-refractivity contribution in [3.63, 3.8) is 0 Å². The summed E-state index contributed by atoms with van der Waals surface area (Å²) in [6, 6.07) is 8.62. The highest BCUT2D eigenvalue weighted by Crippen LogP contribution is 2.33. The molecule has 0 aromatic heterocycles. The van der Waals surface area contributed by atoms with E-state index in [1.165, 1.54) is 0 Å². The Bertz CT molecular complexity index is 509. The molecule has 0 radical (unpaired) electrons. The minimum atomic E-state index is -0.485. The number of hydrogen-bond donors (Lipinski definition) is 1. The number of carbonyl (C=O) groups is 2. The molecular formula is C16H22N2O3S. The second-order valence-corrected chi connectivity index (χ2v) is 6.28. The molecule has 1 aromatic rings. The summed E-state index contributed by atoms with van der Waals surface area (Å²) in [5.74, 6) is 0.250. The van der Waals surface area contributed by atoms with Gasteiger partial charge in [0.1, 0.15) is 6.04 Å². The summed E-state index contributed by atoms with van der Waals surface area (Å²) in [5, 5.41) is 0.0371. The van der Waals surface area contributed by atoms with Crippen molar-refractivity contribution in [2.45, 2.75) is 38.1 Å². The zero-order valence-corrected chi connectivity index (χ0v) is 13.8. The van der Waals surface area contributed by atoms with Crippen molar-refractivity contribution in [1.29, 1.82) is 0 Å². The number of benzene rings is 1. The molecule has 1 aliphatic rings. The summed E-state index contributed by atoms with van der Waals surface area (Å²) in [6.07, 6.45) is 1.84. The molecule has 120 valence electrons. The number of amides is 2. The van der Waals surface area contributed by atoms with Crippen LogP contribution in [0.2, 0.25) is 0 Å². The van der Waals surface area contributed by atoms with Gasteiger partial charge >= 0.3 is 0 Å². The molecule has 2 rings (SSSR count). The van der Waals surface area contributed by atoms with Crippen LogP contribution in [0.15, 0.2) is 30.3 Å². The topological polar surface area (TPSA) is 58.6 Å². The van der Waals surface area contributed by atoms with E-state index in [1.54, 1.807) is 35.7 Å². The Morgan fingerprint density at radius 3 is 2.68 bits per heavy atom. The smallest absolute Gasteiger partial charge is 0.267 e. The first-order chi connectivity index (χ1) is 10.7. The van der Waals surface area contributed by atoms with Gasteiger partial charge in [0.25, 0.3) is 11.8 Å². The lowest BCUT2D eigenvalue weighted by molar-refractivity contribution is -0.137. The van der Waals surface area contributed by atoms with Crippen molar-refractivity contribution < 1.29 is 14.4 Å². The van der Waals surface area contributed by atoms with E-state index >= 15 is 0 Å². The van der Waals surface area contributed by atoms with Crippen molar-refractivity contribution >= 4 is 23.6 Å². The molecule has 1 saturated heterocycles. The van der Waals surface area contributed by atoms with Gasteiger partial charge in [-0.15, -0.1) is 11.8 Å². The predicted molar refractivity (Wildman–Crippen MR) is 87.3 cm³/mol. The van der Waals surface area contributed by atoms with E-state index in [4.69, 9.17) is 4.84 Å². The van der Waals surface area contributed by atoms with Crippen LogP contribution in [0.25, 0.3) is 0 Å². The number of nitrogens with zero attached hydrogens (tertiary/aromatic N) is 1. The Balaban J connectivity index is 2.19. The molecule has 5 nitrogen and oxygen atoms in total. The summed E-state index contributed by atoms with van der Waals surface area (Å²) in [7, 11) is 0. The van der Waals surface area contributed by atoms with Gasteiger partial charge in [-0.2, -0.15) is 0 Å². The molecule has 1 heterocycles. The molecule has 2 atom stereocenters. The van der Waals surface area contributed by atoms with Gasteiger partial charge in [-0.25, -0.2) is 5.48 Å². The van der Waals surface area contributed by atoms with E-state index < -0.39 is 6.04 Å². The Morgan fingerprint density at radius 2 is 2.05 bits per heavy atom. The van der Waals surface area contributed by atoms with Crippen LogP contribution in [-0.2, 0) is 9.63 Å². The molecule has 6 heteroatoms. The molecule has 22 heavy (non-hydrogen) atoms. The van der Waals surface area contributed by atoms with E-state index in [0.717, 1.165) is 12.8 Å². The van der Waals surface area contributed by atoms with Crippen molar-refractivity contribution in [1.82, 2.24) is 10.4 Å². The van der Waals surface area contributed by atoms with E-state index in [2.05, 4.69) is 12.4 Å². The van der Waals surface area contributed by atoms with Gasteiger partial charge in [-0.3, -0.25) is 14.4 Å². The third kappa shape index (κ3) is 3.81. The number of nitrogens with one attached hydrogen (secondary N) is 1. The van der Waals surface area contributed by atoms with Crippen LogP contribution in [0.1, 0.15) is 37.0 Å². The van der Waals surface area contributed by atoms with Gasteiger partial charge in [-0.1, -0.05) is 31.5 Å². The highest BCUT2D eigenvalue weighted by molar-refractivity contribution is 8.00. The summed E-state index contributed by atoms with van der Waals surface area (Å²) in [4.78, 5) is 31.8. The minimum absolute atomic E-state index is 0.0371. The van der Waals surface area contributed by atoms with Crippen LogP contribution < -0.4 is 5.48 Å². The predicted octanol–water partition coefficient (Wildman–Crippen LogP) is 2.44. The first kappa shape index (κ1) is 16.8. The fraction of sp³-hybridized carbons (Fsp3) is 0.500. The molecule has 0 spiro atoms. The molecule has 1 fully saturated rings. The average Bonchev–Trinajstić information content (AvgIpc) is 2.97. The Hall–Kier alpha value is -1.53. The zero-order valence-electron chi connectivity index (χ0n) is 13.0. The molecule has 0 aliphatic carbocycles. The highest BCUT2D eigenvalue weighted by atomic mass is 32.2. The van der Waals surface area contributed by atoms with Crippen molar-refractivity contribution in [2.75, 3.05) is 12.4 Å². The largest absolute Gasteiger partial charge is 0.314 e. The average molecular weight is 322 g/mol. The first-order valence-electron chi connectivity index (χ1n) is 7.60. The first-order valence-corrected chi connectivity index (χ1v) is 8.64. The van der Waals surface area contributed by atoms with Crippen LogP contribution in [0.5, 0.6) is 0 Å². The molecule has 0 saturated carbocycles. The molecule has 1 aliphatic heterocycles. The van der Waals surface area contributed by atoms with E-state index in [9.17, 15) is 9.59 Å². The molecule has 2 amide bonds. The second-order valence-electron chi connectivity index (χ2n) is 5.07. The fourth-order valence-electron chi connectivity index (χ4n) is 2.45. The Labute approximate surface area is 135 Å². The third-order valence-electron chi connectivity index (χ3n) is 3.50. The summed E-state index contributed by atoms with van der Waals surface area (Å²) < 4.78 is 0. The summed E-state index contributed by atoms with van der Waals surface area (Å²) >= 11 is 1.66. The van der Waals surface area contributed by atoms with Crippen LogP contribution in [0.3, 0.4) is 0 Å². The highest BCUT2D eigenvalue weighted by Gasteiger charge is 2.41. The van der Waals surface area contributed by atoms with Gasteiger partial charge in [-0.05, 0) is 25.5 Å². The lowest BCUT2D eigenvalue weighted by Gasteiger charge is -2.28. The molecular weight excluding hydrogens is 300 g/mol. The summed E-state index contributed by atoms with van der Waals surface area (Å²) in [6.45, 7) is 4.28. The van der Waals surface area contributed by atoms with Crippen LogP contribution in [0.4, 0.5) is 0 Å². The maximum Gasteiger partial charge on any atom is 0.267 e. The van der Waals surface area contributed by atoms with Gasteiger partial charge in [0, 0.05) is 11.3 Å². The lowest BCUT2D eigenvalue weighted by Crippen LogP contribution is -2.49. The molecule has 0 bridgehead atoms. The zero-order chi connectivity index (χ0) is 15.9. The number of thioether (sulfide) groups is 1. The summed E-state index contributed by atoms with van der Waals surface area (Å²) in [5.41, 5.74) is 3.04. The quantitative estimate of drug-likeness (QED) is 0.817. The van der Waals surface area contributed by atoms with Crippen LogP contribution >= 0.6 is 11.8 Å². The Morgan fingerprint density at radius 1 is 1.32 bits per heavy atom. The maximum atomic E-state index is 12.8. The molecule has 1 aromatic carbocycles. The third-order valence-corrected chi connectivity index (χ3v) is 4.86. The lowest BCUT2D eigenvalue weighted by atomic mass is 10.1. The van der Waals surface area contributed by atoms with E-state index in [-0.39, 0.29) is 17.2 Å². The maximum absolute atomic E-state index is 12.8. The van der Waals surface area contributed by atoms with Gasteiger partial charge < -0.3 is 4.90 Å². The molecule has 1 N–H and O–H groups in total. The van der Waals surface area contributed by atoms with Gasteiger partial charge in [0.15, 0.2) is 0 Å². The fourth-order valence-corrected chi connectivity index (χ4v) is 3.97. The number of carbonyl (C=O) groups excluding carboxylic acids is 2. The van der Waals surface area contributed by atoms with E-state index in [1.807, 2.05) is 18.2 Å². The Kier molecular flexibility index (Phi) is 6.27. The van der Waals surface area contributed by atoms with Crippen molar-refractivity contribution in [2.24, 2.45) is 0 Å². The van der Waals surface area contributed by atoms with Crippen molar-refractivity contribution in [3.05, 3.63) is 35.9 Å². The van der Waals surface area contributed by atoms with E-state index in [0.29, 0.717) is 17.9 Å². The van der Waals surface area contributed by atoms with Crippen LogP contribution in [0, 0.1) is 0 Å². The SMILES string of the molecule is CCCC1SCC(C(=O)NOCC)N1C(=O)c1ccccc1.